The standard InChI is InChI=1S/C19H27N3O4S/c1-20-12-15-10-17(9-14(15)11-18(20)23)21(2)19(24)13-5-7-16(8-6-13)22(3)27(4,25)26/h5-8,14-15,17H,9-12H2,1-4H3/t14-,15+,17-/m1/s1. The topological polar surface area (TPSA) is 78.0 Å². The first-order chi connectivity index (χ1) is 12.6. The number of carbonyl (C=O) groups excluding carboxylic acids is 2. The Labute approximate surface area is 161 Å². The lowest BCUT2D eigenvalue weighted by Crippen LogP contribution is -2.39. The molecule has 1 aromatic carbocycles. The average Bonchev–Trinajstić information content (AvgIpc) is 3.02. The van der Waals surface area contributed by atoms with Gasteiger partial charge in [0, 0.05) is 45.7 Å². The number of sulfonamides is 1. The van der Waals surface area contributed by atoms with Crippen LogP contribution in [0.3, 0.4) is 0 Å². The molecule has 1 aromatic rings. The molecule has 1 heterocycles. The summed E-state index contributed by atoms with van der Waals surface area (Å²) in [7, 11) is 1.80. The van der Waals surface area contributed by atoms with Crippen LogP contribution in [-0.2, 0) is 14.8 Å². The molecule has 1 saturated heterocycles. The molecule has 1 aliphatic heterocycles. The molecule has 3 rings (SSSR count). The van der Waals surface area contributed by atoms with Gasteiger partial charge in [0.25, 0.3) is 5.91 Å². The molecule has 2 aliphatic rings. The molecule has 3 atom stereocenters. The van der Waals surface area contributed by atoms with Crippen molar-refractivity contribution >= 4 is 27.5 Å². The number of likely N-dealkylation sites (tertiary alicyclic amines) is 1. The van der Waals surface area contributed by atoms with Gasteiger partial charge in [-0.15, -0.1) is 0 Å². The molecule has 0 N–H and O–H groups in total. The third-order valence-electron chi connectivity index (χ3n) is 6.03. The minimum absolute atomic E-state index is 0.0770. The van der Waals surface area contributed by atoms with Crippen molar-refractivity contribution in [1.29, 1.82) is 0 Å². The first kappa shape index (κ1) is 19.7. The van der Waals surface area contributed by atoms with Gasteiger partial charge in [-0.1, -0.05) is 0 Å². The van der Waals surface area contributed by atoms with Crippen molar-refractivity contribution in [3.8, 4) is 0 Å². The van der Waals surface area contributed by atoms with Gasteiger partial charge < -0.3 is 9.80 Å². The summed E-state index contributed by atoms with van der Waals surface area (Å²) in [6.45, 7) is 0.772. The van der Waals surface area contributed by atoms with Gasteiger partial charge in [0.05, 0.1) is 11.9 Å². The maximum absolute atomic E-state index is 12.9. The van der Waals surface area contributed by atoms with E-state index in [9.17, 15) is 18.0 Å². The van der Waals surface area contributed by atoms with Crippen LogP contribution in [0.25, 0.3) is 0 Å². The number of benzene rings is 1. The Kier molecular flexibility index (Phi) is 5.20. The fourth-order valence-corrected chi connectivity index (χ4v) is 4.68. The van der Waals surface area contributed by atoms with E-state index in [4.69, 9.17) is 0 Å². The highest BCUT2D eigenvalue weighted by Gasteiger charge is 2.42. The van der Waals surface area contributed by atoms with Crippen molar-refractivity contribution in [1.82, 2.24) is 9.80 Å². The number of piperidine rings is 1. The number of carbonyl (C=O) groups is 2. The Morgan fingerprint density at radius 3 is 2.30 bits per heavy atom. The Morgan fingerprint density at radius 1 is 1.11 bits per heavy atom. The van der Waals surface area contributed by atoms with Crippen molar-refractivity contribution in [2.24, 2.45) is 11.8 Å². The predicted octanol–water partition coefficient (Wildman–Crippen LogP) is 1.41. The monoisotopic (exact) mass is 393 g/mol. The van der Waals surface area contributed by atoms with E-state index in [1.807, 2.05) is 14.1 Å². The van der Waals surface area contributed by atoms with Crippen LogP contribution >= 0.6 is 0 Å². The van der Waals surface area contributed by atoms with Crippen LogP contribution in [0.2, 0.25) is 0 Å². The molecule has 0 unspecified atom stereocenters. The Bertz CT molecular complexity index is 837. The summed E-state index contributed by atoms with van der Waals surface area (Å²) in [6.07, 6.45) is 3.49. The lowest BCUT2D eigenvalue weighted by molar-refractivity contribution is -0.134. The molecule has 0 bridgehead atoms. The maximum Gasteiger partial charge on any atom is 0.253 e. The van der Waals surface area contributed by atoms with Crippen LogP contribution in [0.15, 0.2) is 24.3 Å². The molecule has 27 heavy (non-hydrogen) atoms. The molecule has 148 valence electrons. The number of amides is 2. The zero-order valence-electron chi connectivity index (χ0n) is 16.3. The van der Waals surface area contributed by atoms with E-state index in [0.29, 0.717) is 29.5 Å². The SMILES string of the molecule is CN1C[C@@H]2C[C@H](N(C)C(=O)c3ccc(N(C)S(C)(=O)=O)cc3)C[C@@H]2CC1=O. The van der Waals surface area contributed by atoms with Gasteiger partial charge >= 0.3 is 0 Å². The molecule has 8 heteroatoms. The fraction of sp³-hybridized carbons (Fsp3) is 0.579. The number of hydrogen-bond donors (Lipinski definition) is 0. The molecule has 2 amide bonds. The quantitative estimate of drug-likeness (QED) is 0.775. The summed E-state index contributed by atoms with van der Waals surface area (Å²) < 4.78 is 24.4. The normalized spacial score (nSPS) is 25.3. The maximum atomic E-state index is 12.9. The van der Waals surface area contributed by atoms with E-state index in [2.05, 4.69) is 0 Å². The fourth-order valence-electron chi connectivity index (χ4n) is 4.18. The van der Waals surface area contributed by atoms with Crippen LogP contribution in [0.4, 0.5) is 5.69 Å². The van der Waals surface area contributed by atoms with Crippen LogP contribution in [0, 0.1) is 11.8 Å². The molecular formula is C19H27N3O4S. The van der Waals surface area contributed by atoms with E-state index >= 15 is 0 Å². The van der Waals surface area contributed by atoms with Crippen molar-refractivity contribution in [3.05, 3.63) is 29.8 Å². The Morgan fingerprint density at radius 2 is 1.70 bits per heavy atom. The van der Waals surface area contributed by atoms with Crippen molar-refractivity contribution in [2.75, 3.05) is 38.2 Å². The highest BCUT2D eigenvalue weighted by molar-refractivity contribution is 7.92. The molecule has 0 spiro atoms. The van der Waals surface area contributed by atoms with Gasteiger partial charge in [-0.2, -0.15) is 0 Å². The zero-order valence-corrected chi connectivity index (χ0v) is 17.1. The van der Waals surface area contributed by atoms with Crippen molar-refractivity contribution in [2.45, 2.75) is 25.3 Å². The van der Waals surface area contributed by atoms with Gasteiger partial charge in [0.15, 0.2) is 0 Å². The first-order valence-corrected chi connectivity index (χ1v) is 11.0. The largest absolute Gasteiger partial charge is 0.345 e. The summed E-state index contributed by atoms with van der Waals surface area (Å²) in [5, 5.41) is 0. The average molecular weight is 394 g/mol. The minimum atomic E-state index is -3.33. The number of anilines is 1. The van der Waals surface area contributed by atoms with Crippen LogP contribution in [-0.4, -0.2) is 70.0 Å². The summed E-state index contributed by atoms with van der Waals surface area (Å²) in [4.78, 5) is 28.4. The predicted molar refractivity (Wildman–Crippen MR) is 104 cm³/mol. The second-order valence-corrected chi connectivity index (χ2v) is 9.83. The van der Waals surface area contributed by atoms with Crippen LogP contribution < -0.4 is 4.31 Å². The summed E-state index contributed by atoms with van der Waals surface area (Å²) in [6, 6.07) is 6.74. The third-order valence-corrected chi connectivity index (χ3v) is 7.24. The highest BCUT2D eigenvalue weighted by Crippen LogP contribution is 2.40. The van der Waals surface area contributed by atoms with Gasteiger partial charge in [-0.25, -0.2) is 8.42 Å². The van der Waals surface area contributed by atoms with Gasteiger partial charge in [-0.3, -0.25) is 13.9 Å². The molecule has 1 saturated carbocycles. The number of hydrogen-bond acceptors (Lipinski definition) is 4. The zero-order chi connectivity index (χ0) is 19.9. The Balaban J connectivity index is 1.68. The molecule has 1 aliphatic carbocycles. The lowest BCUT2D eigenvalue weighted by atomic mass is 9.88. The van der Waals surface area contributed by atoms with E-state index in [-0.39, 0.29) is 17.9 Å². The molecular weight excluding hydrogens is 366 g/mol. The molecule has 0 aromatic heterocycles. The third kappa shape index (κ3) is 3.95. The van der Waals surface area contributed by atoms with Crippen molar-refractivity contribution in [3.63, 3.8) is 0 Å². The molecule has 7 nitrogen and oxygen atoms in total. The lowest BCUT2D eigenvalue weighted by Gasteiger charge is -2.31. The highest BCUT2D eigenvalue weighted by atomic mass is 32.2. The molecule has 2 fully saturated rings. The van der Waals surface area contributed by atoms with Gasteiger partial charge in [-0.05, 0) is 48.9 Å². The Hall–Kier alpha value is -2.09. The van der Waals surface area contributed by atoms with E-state index < -0.39 is 10.0 Å². The summed E-state index contributed by atoms with van der Waals surface area (Å²) in [5.74, 6) is 0.932. The van der Waals surface area contributed by atoms with Crippen molar-refractivity contribution < 1.29 is 18.0 Å². The first-order valence-electron chi connectivity index (χ1n) is 9.13. The number of nitrogens with zero attached hydrogens (tertiary/aromatic N) is 3. The second kappa shape index (κ2) is 7.14. The van der Waals surface area contributed by atoms with E-state index in [1.165, 1.54) is 11.4 Å². The van der Waals surface area contributed by atoms with Crippen LogP contribution in [0.5, 0.6) is 0 Å². The second-order valence-electron chi connectivity index (χ2n) is 7.82. The van der Waals surface area contributed by atoms with Gasteiger partial charge in [0.2, 0.25) is 15.9 Å². The molecule has 0 radical (unpaired) electrons. The van der Waals surface area contributed by atoms with Crippen LogP contribution in [0.1, 0.15) is 29.6 Å². The minimum Gasteiger partial charge on any atom is -0.345 e. The van der Waals surface area contributed by atoms with E-state index in [1.54, 1.807) is 34.1 Å². The number of rotatable bonds is 4. The summed E-state index contributed by atoms with van der Waals surface area (Å²) in [5.41, 5.74) is 1.05. The summed E-state index contributed by atoms with van der Waals surface area (Å²) >= 11 is 0. The number of fused-ring (bicyclic) bond motifs is 1. The smallest absolute Gasteiger partial charge is 0.253 e. The van der Waals surface area contributed by atoms with Gasteiger partial charge in [0.1, 0.15) is 0 Å². The van der Waals surface area contributed by atoms with E-state index in [0.717, 1.165) is 25.6 Å².